The molecule has 0 amide bonds. The number of nitrogens with zero attached hydrogens (tertiary/aromatic N) is 3. The van der Waals surface area contributed by atoms with E-state index in [9.17, 15) is 0 Å². The summed E-state index contributed by atoms with van der Waals surface area (Å²) in [7, 11) is 1.68. The van der Waals surface area contributed by atoms with E-state index in [0.29, 0.717) is 5.92 Å². The van der Waals surface area contributed by atoms with Gasteiger partial charge in [-0.15, -0.1) is 0 Å². The highest BCUT2D eigenvalue weighted by Gasteiger charge is 2.13. The lowest BCUT2D eigenvalue weighted by molar-refractivity contribution is 0.416. The first-order valence-corrected chi connectivity index (χ1v) is 7.40. The molecule has 0 atom stereocenters. The summed E-state index contributed by atoms with van der Waals surface area (Å²) in [6.45, 7) is 5.20. The third-order valence-electron chi connectivity index (χ3n) is 3.49. The van der Waals surface area contributed by atoms with Crippen molar-refractivity contribution in [1.29, 1.82) is 0 Å². The lowest BCUT2D eigenvalue weighted by atomic mass is 10.1. The SMILES string of the molecule is COc1ccccc1-c1cnc2c(NCC(C)C)nccn12. The average Bonchev–Trinajstić information content (AvgIpc) is 2.97. The normalized spacial score (nSPS) is 11.1. The lowest BCUT2D eigenvalue weighted by Gasteiger charge is -2.10. The quantitative estimate of drug-likeness (QED) is 0.783. The van der Waals surface area contributed by atoms with Crippen molar-refractivity contribution >= 4 is 11.5 Å². The molecule has 3 rings (SSSR count). The maximum Gasteiger partial charge on any atom is 0.180 e. The minimum Gasteiger partial charge on any atom is -0.496 e. The van der Waals surface area contributed by atoms with Crippen LogP contribution in [0.3, 0.4) is 0 Å². The van der Waals surface area contributed by atoms with Crippen molar-refractivity contribution in [2.24, 2.45) is 5.92 Å². The minimum absolute atomic E-state index is 0.547. The summed E-state index contributed by atoms with van der Waals surface area (Å²) in [6, 6.07) is 7.94. The van der Waals surface area contributed by atoms with Crippen LogP contribution in [-0.2, 0) is 0 Å². The molecule has 0 radical (unpaired) electrons. The second kappa shape index (κ2) is 6.05. The molecule has 0 bridgehead atoms. The van der Waals surface area contributed by atoms with E-state index in [-0.39, 0.29) is 0 Å². The van der Waals surface area contributed by atoms with Crippen LogP contribution in [0, 0.1) is 5.92 Å². The molecule has 114 valence electrons. The predicted octanol–water partition coefficient (Wildman–Crippen LogP) is 3.47. The van der Waals surface area contributed by atoms with Gasteiger partial charge in [-0.2, -0.15) is 0 Å². The highest BCUT2D eigenvalue weighted by molar-refractivity contribution is 5.73. The summed E-state index contributed by atoms with van der Waals surface area (Å²) in [5.74, 6) is 2.18. The predicted molar refractivity (Wildman–Crippen MR) is 88.3 cm³/mol. The Labute approximate surface area is 130 Å². The van der Waals surface area contributed by atoms with Gasteiger partial charge in [-0.3, -0.25) is 4.40 Å². The van der Waals surface area contributed by atoms with E-state index < -0.39 is 0 Å². The topological polar surface area (TPSA) is 51.5 Å². The number of rotatable bonds is 5. The summed E-state index contributed by atoms with van der Waals surface area (Å²) in [5, 5.41) is 3.35. The molecule has 22 heavy (non-hydrogen) atoms. The fourth-order valence-corrected chi connectivity index (χ4v) is 2.40. The standard InChI is InChI=1S/C17H20N4O/c1-12(2)10-19-16-17-20-11-14(21(17)9-8-18-16)13-6-4-5-7-15(13)22-3/h4-9,11-12H,10H2,1-3H3,(H,18,19). The van der Waals surface area contributed by atoms with E-state index in [4.69, 9.17) is 4.74 Å². The number of anilines is 1. The number of imidazole rings is 1. The summed E-state index contributed by atoms with van der Waals surface area (Å²) < 4.78 is 7.49. The third-order valence-corrected chi connectivity index (χ3v) is 3.49. The number of methoxy groups -OCH3 is 1. The van der Waals surface area contributed by atoms with Crippen molar-refractivity contribution in [2.75, 3.05) is 19.0 Å². The Morgan fingerprint density at radius 3 is 2.82 bits per heavy atom. The number of hydrogen-bond donors (Lipinski definition) is 1. The van der Waals surface area contributed by atoms with Crippen LogP contribution in [0.5, 0.6) is 5.75 Å². The van der Waals surface area contributed by atoms with Crippen LogP contribution < -0.4 is 10.1 Å². The fraction of sp³-hybridized carbons (Fsp3) is 0.294. The van der Waals surface area contributed by atoms with E-state index in [1.807, 2.05) is 41.1 Å². The first-order valence-electron chi connectivity index (χ1n) is 7.40. The summed E-state index contributed by atoms with van der Waals surface area (Å²) in [4.78, 5) is 8.93. The Kier molecular flexibility index (Phi) is 3.96. The van der Waals surface area contributed by atoms with Crippen molar-refractivity contribution in [2.45, 2.75) is 13.8 Å². The van der Waals surface area contributed by atoms with Crippen molar-refractivity contribution in [1.82, 2.24) is 14.4 Å². The van der Waals surface area contributed by atoms with Gasteiger partial charge in [-0.1, -0.05) is 26.0 Å². The molecule has 0 saturated carbocycles. The molecule has 1 N–H and O–H groups in total. The van der Waals surface area contributed by atoms with E-state index >= 15 is 0 Å². The number of fused-ring (bicyclic) bond motifs is 1. The van der Waals surface area contributed by atoms with Crippen LogP contribution in [-0.4, -0.2) is 28.0 Å². The molecule has 0 unspecified atom stereocenters. The zero-order chi connectivity index (χ0) is 15.5. The van der Waals surface area contributed by atoms with Gasteiger partial charge in [0.05, 0.1) is 19.0 Å². The van der Waals surface area contributed by atoms with Gasteiger partial charge in [0.25, 0.3) is 0 Å². The van der Waals surface area contributed by atoms with Gasteiger partial charge in [0.1, 0.15) is 5.75 Å². The van der Waals surface area contributed by atoms with Crippen LogP contribution in [0.25, 0.3) is 16.9 Å². The molecular formula is C17H20N4O. The molecule has 0 aliphatic carbocycles. The van der Waals surface area contributed by atoms with Gasteiger partial charge < -0.3 is 10.1 Å². The molecular weight excluding hydrogens is 276 g/mol. The summed E-state index contributed by atoms with van der Waals surface area (Å²) in [6.07, 6.45) is 5.57. The Bertz CT molecular complexity index is 779. The van der Waals surface area contributed by atoms with E-state index in [2.05, 4.69) is 29.1 Å². The summed E-state index contributed by atoms with van der Waals surface area (Å²) in [5.41, 5.74) is 2.82. The Morgan fingerprint density at radius 2 is 2.05 bits per heavy atom. The van der Waals surface area contributed by atoms with E-state index in [1.165, 1.54) is 0 Å². The third kappa shape index (κ3) is 2.62. The maximum atomic E-state index is 5.45. The minimum atomic E-state index is 0.547. The highest BCUT2D eigenvalue weighted by atomic mass is 16.5. The van der Waals surface area contributed by atoms with E-state index in [0.717, 1.165) is 35.0 Å². The van der Waals surface area contributed by atoms with Gasteiger partial charge in [0.15, 0.2) is 11.5 Å². The molecule has 5 heteroatoms. The molecule has 0 fully saturated rings. The maximum absolute atomic E-state index is 5.45. The number of nitrogens with one attached hydrogen (secondary N) is 1. The first kappa shape index (κ1) is 14.4. The van der Waals surface area contributed by atoms with Crippen molar-refractivity contribution in [3.05, 3.63) is 42.9 Å². The smallest absolute Gasteiger partial charge is 0.180 e. The van der Waals surface area contributed by atoms with Gasteiger partial charge in [-0.25, -0.2) is 9.97 Å². The molecule has 5 nitrogen and oxygen atoms in total. The molecule has 0 saturated heterocycles. The van der Waals surface area contributed by atoms with Crippen molar-refractivity contribution in [3.63, 3.8) is 0 Å². The van der Waals surface area contributed by atoms with Crippen LogP contribution in [0.4, 0.5) is 5.82 Å². The van der Waals surface area contributed by atoms with Gasteiger partial charge in [0, 0.05) is 24.5 Å². The Morgan fingerprint density at radius 1 is 1.23 bits per heavy atom. The van der Waals surface area contributed by atoms with Crippen LogP contribution in [0.2, 0.25) is 0 Å². The zero-order valence-corrected chi connectivity index (χ0v) is 13.1. The van der Waals surface area contributed by atoms with Crippen molar-refractivity contribution in [3.8, 4) is 17.0 Å². The first-order chi connectivity index (χ1) is 10.7. The van der Waals surface area contributed by atoms with Crippen LogP contribution in [0.1, 0.15) is 13.8 Å². The number of aromatic nitrogens is 3. The number of benzene rings is 1. The summed E-state index contributed by atoms with van der Waals surface area (Å²) >= 11 is 0. The molecule has 2 heterocycles. The number of para-hydroxylation sites is 1. The van der Waals surface area contributed by atoms with E-state index in [1.54, 1.807) is 13.3 Å². The number of hydrogen-bond acceptors (Lipinski definition) is 4. The largest absolute Gasteiger partial charge is 0.496 e. The Hall–Kier alpha value is -2.56. The average molecular weight is 296 g/mol. The molecule has 0 spiro atoms. The van der Waals surface area contributed by atoms with Crippen LogP contribution >= 0.6 is 0 Å². The Balaban J connectivity index is 2.07. The van der Waals surface area contributed by atoms with Crippen LogP contribution in [0.15, 0.2) is 42.9 Å². The number of ether oxygens (including phenoxy) is 1. The molecule has 2 aromatic heterocycles. The molecule has 0 aliphatic rings. The van der Waals surface area contributed by atoms with Gasteiger partial charge in [-0.05, 0) is 18.1 Å². The molecule has 3 aromatic rings. The lowest BCUT2D eigenvalue weighted by Crippen LogP contribution is -2.10. The monoisotopic (exact) mass is 296 g/mol. The van der Waals surface area contributed by atoms with Gasteiger partial charge in [0.2, 0.25) is 0 Å². The molecule has 0 aliphatic heterocycles. The highest BCUT2D eigenvalue weighted by Crippen LogP contribution is 2.30. The zero-order valence-electron chi connectivity index (χ0n) is 13.1. The van der Waals surface area contributed by atoms with Gasteiger partial charge >= 0.3 is 0 Å². The second-order valence-electron chi connectivity index (χ2n) is 5.59. The van der Waals surface area contributed by atoms with Crippen molar-refractivity contribution < 1.29 is 4.74 Å². The fourth-order valence-electron chi connectivity index (χ4n) is 2.40. The molecule has 1 aromatic carbocycles. The second-order valence-corrected chi connectivity index (χ2v) is 5.59.